The summed E-state index contributed by atoms with van der Waals surface area (Å²) in [7, 11) is 1.54. The number of anilines is 1. The van der Waals surface area contributed by atoms with Crippen molar-refractivity contribution < 1.29 is 27.5 Å². The Morgan fingerprint density at radius 2 is 1.83 bits per heavy atom. The van der Waals surface area contributed by atoms with Crippen molar-refractivity contribution in [3.8, 4) is 5.75 Å². The van der Waals surface area contributed by atoms with Crippen LogP contribution >= 0.6 is 0 Å². The summed E-state index contributed by atoms with van der Waals surface area (Å²) in [5.74, 6) is -0.923. The highest BCUT2D eigenvalue weighted by atomic mass is 19.4. The number of aromatic nitrogens is 2. The van der Waals surface area contributed by atoms with Crippen molar-refractivity contribution in [1.29, 1.82) is 0 Å². The number of amides is 2. The number of piperidine rings is 1. The number of halogens is 3. The van der Waals surface area contributed by atoms with Crippen LogP contribution in [0.4, 0.5) is 19.0 Å². The van der Waals surface area contributed by atoms with Gasteiger partial charge in [0.25, 0.3) is 5.91 Å². The number of hydrogen-bond donors (Lipinski definition) is 2. The van der Waals surface area contributed by atoms with Crippen LogP contribution in [-0.2, 0) is 17.4 Å². The van der Waals surface area contributed by atoms with Gasteiger partial charge >= 0.3 is 6.18 Å². The molecule has 1 aliphatic rings. The maximum atomic E-state index is 12.9. The number of methoxy groups -OCH3 is 1. The van der Waals surface area contributed by atoms with Crippen LogP contribution in [0.25, 0.3) is 0 Å². The number of nitrogens with zero attached hydrogens (tertiary/aromatic N) is 3. The van der Waals surface area contributed by atoms with Gasteiger partial charge in [-0.15, -0.1) is 0 Å². The molecule has 1 aromatic carbocycles. The molecule has 1 aliphatic heterocycles. The molecule has 0 unspecified atom stereocenters. The summed E-state index contributed by atoms with van der Waals surface area (Å²) < 4.78 is 43.7. The van der Waals surface area contributed by atoms with Crippen molar-refractivity contribution in [1.82, 2.24) is 20.2 Å². The molecule has 0 saturated carbocycles. The monoisotopic (exact) mass is 493 g/mol. The summed E-state index contributed by atoms with van der Waals surface area (Å²) in [5, 5.41) is 2.74. The smallest absolute Gasteiger partial charge is 0.451 e. The van der Waals surface area contributed by atoms with Crippen molar-refractivity contribution in [2.24, 2.45) is 5.92 Å². The highest BCUT2D eigenvalue weighted by Crippen LogP contribution is 2.30. The molecule has 1 aromatic heterocycles. The Morgan fingerprint density at radius 3 is 2.37 bits per heavy atom. The highest BCUT2D eigenvalue weighted by Gasteiger charge is 2.36. The highest BCUT2D eigenvalue weighted by molar-refractivity contribution is 5.97. The maximum Gasteiger partial charge on any atom is 0.451 e. The van der Waals surface area contributed by atoms with E-state index >= 15 is 0 Å². The van der Waals surface area contributed by atoms with Gasteiger partial charge in [0.1, 0.15) is 17.6 Å². The van der Waals surface area contributed by atoms with Crippen molar-refractivity contribution in [3.05, 3.63) is 46.9 Å². The van der Waals surface area contributed by atoms with E-state index in [0.717, 1.165) is 12.8 Å². The summed E-state index contributed by atoms with van der Waals surface area (Å²) >= 11 is 0. The third kappa shape index (κ3) is 6.61. The third-order valence-electron chi connectivity index (χ3n) is 6.30. The lowest BCUT2D eigenvalue weighted by Crippen LogP contribution is -2.49. The minimum Gasteiger partial charge on any atom is -0.497 e. The number of rotatable bonds is 7. The number of likely N-dealkylation sites (tertiary alicyclic amines) is 1. The molecular formula is C24H30F3N5O3. The van der Waals surface area contributed by atoms with Crippen molar-refractivity contribution in [2.45, 2.75) is 51.7 Å². The first kappa shape index (κ1) is 26.2. The standard InChI is InChI=1S/C24H30F3N5O3/c1-14-19(20(28)31-23(30-14)24(25,26)27)9-4-16-10-12-32(13-11-16)22(34)15(2)29-21(33)17-5-7-18(35-3)8-6-17/h5-8,15-16H,4,9-13H2,1-3H3,(H,29,33)(H2,28,30,31)/t15-/m0/s1. The largest absolute Gasteiger partial charge is 0.497 e. The fraction of sp³-hybridized carbons (Fsp3) is 0.500. The lowest BCUT2D eigenvalue weighted by atomic mass is 9.90. The zero-order chi connectivity index (χ0) is 25.8. The Kier molecular flexibility index (Phi) is 8.18. The van der Waals surface area contributed by atoms with E-state index in [1.54, 1.807) is 43.2 Å². The van der Waals surface area contributed by atoms with E-state index in [0.29, 0.717) is 48.7 Å². The van der Waals surface area contributed by atoms with Crippen LogP contribution in [0.2, 0.25) is 0 Å². The predicted octanol–water partition coefficient (Wildman–Crippen LogP) is 3.38. The molecule has 2 heterocycles. The molecule has 2 aromatic rings. The number of alkyl halides is 3. The number of carbonyl (C=O) groups is 2. The van der Waals surface area contributed by atoms with Crippen molar-refractivity contribution in [2.75, 3.05) is 25.9 Å². The van der Waals surface area contributed by atoms with Gasteiger partial charge in [-0.05, 0) is 69.7 Å². The van der Waals surface area contributed by atoms with Gasteiger partial charge in [-0.25, -0.2) is 9.97 Å². The molecule has 35 heavy (non-hydrogen) atoms. The first-order valence-electron chi connectivity index (χ1n) is 11.4. The number of carbonyl (C=O) groups excluding carboxylic acids is 2. The Hall–Kier alpha value is -3.37. The molecule has 1 atom stereocenters. The predicted molar refractivity (Wildman–Crippen MR) is 124 cm³/mol. The Morgan fingerprint density at radius 1 is 1.20 bits per heavy atom. The first-order chi connectivity index (χ1) is 16.5. The van der Waals surface area contributed by atoms with E-state index in [4.69, 9.17) is 10.5 Å². The molecule has 0 bridgehead atoms. The first-order valence-corrected chi connectivity index (χ1v) is 11.4. The normalized spacial score (nSPS) is 15.5. The quantitative estimate of drug-likeness (QED) is 0.612. The zero-order valence-corrected chi connectivity index (χ0v) is 20.0. The van der Waals surface area contributed by atoms with Gasteiger partial charge in [-0.3, -0.25) is 9.59 Å². The Bertz CT molecular complexity index is 1030. The van der Waals surface area contributed by atoms with Crippen LogP contribution in [-0.4, -0.2) is 52.9 Å². The lowest BCUT2D eigenvalue weighted by Gasteiger charge is -2.34. The van der Waals surface area contributed by atoms with Gasteiger partial charge in [-0.2, -0.15) is 13.2 Å². The molecule has 1 fully saturated rings. The number of benzene rings is 1. The summed E-state index contributed by atoms with van der Waals surface area (Å²) in [6.07, 6.45) is -1.94. The number of nitrogens with two attached hydrogens (primary N) is 1. The van der Waals surface area contributed by atoms with E-state index in [2.05, 4.69) is 15.3 Å². The molecule has 1 saturated heterocycles. The van der Waals surface area contributed by atoms with Crippen LogP contribution in [0.1, 0.15) is 53.6 Å². The number of nitrogen functional groups attached to an aromatic ring is 1. The topological polar surface area (TPSA) is 110 Å². The molecule has 8 nitrogen and oxygen atoms in total. The molecule has 3 rings (SSSR count). The molecule has 0 aliphatic carbocycles. The molecule has 0 spiro atoms. The second kappa shape index (κ2) is 10.9. The van der Waals surface area contributed by atoms with Crippen LogP contribution in [0, 0.1) is 12.8 Å². The number of hydrogen-bond acceptors (Lipinski definition) is 6. The van der Waals surface area contributed by atoms with Gasteiger partial charge in [0.2, 0.25) is 11.7 Å². The fourth-order valence-electron chi connectivity index (χ4n) is 4.20. The van der Waals surface area contributed by atoms with E-state index < -0.39 is 18.0 Å². The average molecular weight is 494 g/mol. The van der Waals surface area contributed by atoms with Gasteiger partial charge in [0, 0.05) is 29.9 Å². The fourth-order valence-corrected chi connectivity index (χ4v) is 4.20. The number of ether oxygens (including phenoxy) is 1. The van der Waals surface area contributed by atoms with Crippen LogP contribution < -0.4 is 15.8 Å². The molecule has 3 N–H and O–H groups in total. The summed E-state index contributed by atoms with van der Waals surface area (Å²) in [5.41, 5.74) is 6.99. The van der Waals surface area contributed by atoms with Crippen LogP contribution in [0.15, 0.2) is 24.3 Å². The maximum absolute atomic E-state index is 12.9. The minimum absolute atomic E-state index is 0.140. The van der Waals surface area contributed by atoms with Crippen molar-refractivity contribution in [3.63, 3.8) is 0 Å². The molecule has 2 amide bonds. The number of aryl methyl sites for hydroxylation is 1. The third-order valence-corrected chi connectivity index (χ3v) is 6.30. The number of nitrogens with one attached hydrogen (secondary N) is 1. The van der Waals surface area contributed by atoms with E-state index in [1.807, 2.05) is 0 Å². The second-order valence-electron chi connectivity index (χ2n) is 8.73. The molecule has 0 radical (unpaired) electrons. The Balaban J connectivity index is 1.48. The molecule has 190 valence electrons. The van der Waals surface area contributed by atoms with Crippen molar-refractivity contribution >= 4 is 17.6 Å². The summed E-state index contributed by atoms with van der Waals surface area (Å²) in [6, 6.07) is 5.95. The molecular weight excluding hydrogens is 463 g/mol. The summed E-state index contributed by atoms with van der Waals surface area (Å²) in [6.45, 7) is 4.26. The van der Waals surface area contributed by atoms with Gasteiger partial charge < -0.3 is 20.7 Å². The Labute approximate surface area is 202 Å². The van der Waals surface area contributed by atoms with Crippen LogP contribution in [0.5, 0.6) is 5.75 Å². The SMILES string of the molecule is COc1ccc(C(=O)N[C@@H](C)C(=O)N2CCC(CCc3c(C)nc(C(F)(F)F)nc3N)CC2)cc1. The second-order valence-corrected chi connectivity index (χ2v) is 8.73. The van der Waals surface area contributed by atoms with Gasteiger partial charge in [0.05, 0.1) is 7.11 Å². The van der Waals surface area contributed by atoms with Gasteiger partial charge in [0.15, 0.2) is 0 Å². The van der Waals surface area contributed by atoms with E-state index in [1.165, 1.54) is 6.92 Å². The van der Waals surface area contributed by atoms with E-state index in [-0.39, 0.29) is 23.3 Å². The molecule has 11 heteroatoms. The zero-order valence-electron chi connectivity index (χ0n) is 20.0. The summed E-state index contributed by atoms with van der Waals surface area (Å²) in [4.78, 5) is 34.0. The minimum atomic E-state index is -4.64. The van der Waals surface area contributed by atoms with Crippen LogP contribution in [0.3, 0.4) is 0 Å². The van der Waals surface area contributed by atoms with E-state index in [9.17, 15) is 22.8 Å². The lowest BCUT2D eigenvalue weighted by molar-refractivity contribution is -0.145. The van der Waals surface area contributed by atoms with Gasteiger partial charge in [-0.1, -0.05) is 0 Å². The average Bonchev–Trinajstić information content (AvgIpc) is 2.82.